The van der Waals surface area contributed by atoms with Crippen LogP contribution in [-0.2, 0) is 0 Å². The van der Waals surface area contributed by atoms with Crippen LogP contribution in [0.25, 0.3) is 27.8 Å². The van der Waals surface area contributed by atoms with Crippen molar-refractivity contribution in [3.8, 4) is 46.3 Å². The van der Waals surface area contributed by atoms with Crippen molar-refractivity contribution in [2.24, 2.45) is 0 Å². The highest BCUT2D eigenvalue weighted by atomic mass is 16.5. The first kappa shape index (κ1) is 25.8. The number of ketones is 2. The average Bonchev–Trinajstić information content (AvgIpc) is 3.31. The van der Waals surface area contributed by atoms with Gasteiger partial charge in [-0.25, -0.2) is 0 Å². The molecule has 0 aliphatic rings. The number of methoxy groups -OCH3 is 2. The molecule has 8 heteroatoms. The maximum atomic E-state index is 13.7. The van der Waals surface area contributed by atoms with Crippen molar-refractivity contribution in [1.82, 2.24) is 4.57 Å². The quantitative estimate of drug-likeness (QED) is 0.208. The van der Waals surface area contributed by atoms with E-state index in [4.69, 9.17) is 14.7 Å². The highest BCUT2D eigenvalue weighted by Gasteiger charge is 2.30. The number of aromatic hydroxyl groups is 1. The molecular formula is C32H21N3O5. The summed E-state index contributed by atoms with van der Waals surface area (Å²) in [4.78, 5) is 27.1. The molecule has 0 atom stereocenters. The van der Waals surface area contributed by atoms with Gasteiger partial charge in [0.2, 0.25) is 11.6 Å². The number of aromatic nitrogens is 1. The average molecular weight is 528 g/mol. The molecule has 0 radical (unpaired) electrons. The Morgan fingerprint density at radius 2 is 1.35 bits per heavy atom. The number of hydrogen-bond donors (Lipinski definition) is 1. The number of nitriles is 2. The van der Waals surface area contributed by atoms with Crippen LogP contribution in [0.2, 0.25) is 0 Å². The van der Waals surface area contributed by atoms with E-state index in [0.717, 1.165) is 0 Å². The number of nitrogens with zero attached hydrogens (tertiary/aromatic N) is 3. The molecule has 1 aromatic heterocycles. The van der Waals surface area contributed by atoms with E-state index in [0.29, 0.717) is 39.3 Å². The summed E-state index contributed by atoms with van der Waals surface area (Å²) in [6.07, 6.45) is 0. The number of carbonyl (C=O) groups excluding carboxylic acids is 2. The summed E-state index contributed by atoms with van der Waals surface area (Å²) in [7, 11) is 2.94. The van der Waals surface area contributed by atoms with Crippen LogP contribution in [-0.4, -0.2) is 35.5 Å². The second-order valence-corrected chi connectivity index (χ2v) is 8.80. The van der Waals surface area contributed by atoms with E-state index in [-0.39, 0.29) is 28.0 Å². The van der Waals surface area contributed by atoms with Crippen LogP contribution in [0.3, 0.4) is 0 Å². The highest BCUT2D eigenvalue weighted by Crippen LogP contribution is 2.45. The Morgan fingerprint density at radius 1 is 0.750 bits per heavy atom. The Bertz CT molecular complexity index is 1860. The van der Waals surface area contributed by atoms with E-state index in [9.17, 15) is 20.0 Å². The summed E-state index contributed by atoms with van der Waals surface area (Å²) >= 11 is 0. The van der Waals surface area contributed by atoms with E-state index in [1.54, 1.807) is 72.3 Å². The number of rotatable bonds is 7. The molecule has 0 aliphatic carbocycles. The molecule has 1 N–H and O–H groups in total. The molecule has 0 saturated heterocycles. The first-order chi connectivity index (χ1) is 19.4. The van der Waals surface area contributed by atoms with Crippen LogP contribution in [0.4, 0.5) is 0 Å². The first-order valence-corrected chi connectivity index (χ1v) is 12.1. The number of carbonyl (C=O) groups is 2. The Balaban J connectivity index is 1.80. The van der Waals surface area contributed by atoms with Gasteiger partial charge in [0.25, 0.3) is 0 Å². The van der Waals surface area contributed by atoms with Crippen LogP contribution in [0.5, 0.6) is 17.2 Å². The van der Waals surface area contributed by atoms with Gasteiger partial charge < -0.3 is 19.1 Å². The maximum absolute atomic E-state index is 13.7. The minimum absolute atomic E-state index is 0.0889. The second kappa shape index (κ2) is 10.5. The molecule has 0 aliphatic heterocycles. The van der Waals surface area contributed by atoms with E-state index >= 15 is 0 Å². The smallest absolute Gasteiger partial charge is 0.238 e. The lowest BCUT2D eigenvalue weighted by atomic mass is 9.96. The van der Waals surface area contributed by atoms with Gasteiger partial charge in [-0.05, 0) is 72.8 Å². The van der Waals surface area contributed by atoms with Crippen LogP contribution in [0.15, 0.2) is 84.9 Å². The largest absolute Gasteiger partial charge is 0.505 e. The lowest BCUT2D eigenvalue weighted by Gasteiger charge is -2.13. The summed E-state index contributed by atoms with van der Waals surface area (Å²) in [5, 5.41) is 30.2. The molecule has 5 aromatic rings. The zero-order chi connectivity index (χ0) is 28.4. The van der Waals surface area contributed by atoms with Crippen molar-refractivity contribution in [2.75, 3.05) is 14.2 Å². The fraction of sp³-hybridized carbons (Fsp3) is 0.0625. The van der Waals surface area contributed by atoms with Gasteiger partial charge in [0.1, 0.15) is 17.2 Å². The normalized spacial score (nSPS) is 10.5. The Hall–Kier alpha value is -5.86. The number of benzene rings is 4. The fourth-order valence-corrected chi connectivity index (χ4v) is 4.65. The van der Waals surface area contributed by atoms with Crippen molar-refractivity contribution in [1.29, 1.82) is 10.5 Å². The van der Waals surface area contributed by atoms with E-state index in [1.165, 1.54) is 31.4 Å². The van der Waals surface area contributed by atoms with Gasteiger partial charge >= 0.3 is 0 Å². The molecule has 194 valence electrons. The van der Waals surface area contributed by atoms with Gasteiger partial charge in [0.05, 0.1) is 59.6 Å². The summed E-state index contributed by atoms with van der Waals surface area (Å²) in [5.41, 5.74) is 2.87. The van der Waals surface area contributed by atoms with Crippen molar-refractivity contribution in [3.63, 3.8) is 0 Å². The summed E-state index contributed by atoms with van der Waals surface area (Å²) in [6.45, 7) is 0. The molecule has 4 aromatic carbocycles. The van der Waals surface area contributed by atoms with Gasteiger partial charge in [-0.1, -0.05) is 12.1 Å². The maximum Gasteiger partial charge on any atom is 0.238 e. The molecule has 0 unspecified atom stereocenters. The van der Waals surface area contributed by atoms with Gasteiger partial charge in [-0.15, -0.1) is 0 Å². The molecule has 0 amide bonds. The predicted octanol–water partition coefficient (Wildman–Crippen LogP) is 5.83. The second-order valence-electron chi connectivity index (χ2n) is 8.80. The Labute approximate surface area is 229 Å². The van der Waals surface area contributed by atoms with E-state index in [1.807, 2.05) is 6.07 Å². The summed E-state index contributed by atoms with van der Waals surface area (Å²) in [5.74, 6) is -1.17. The predicted molar refractivity (Wildman–Crippen MR) is 148 cm³/mol. The number of fused-ring (bicyclic) bond motifs is 1. The lowest BCUT2D eigenvalue weighted by Crippen LogP contribution is -2.16. The van der Waals surface area contributed by atoms with Crippen LogP contribution in [0.1, 0.15) is 31.8 Å². The zero-order valence-electron chi connectivity index (χ0n) is 21.5. The summed E-state index contributed by atoms with van der Waals surface area (Å²) in [6, 6.07) is 26.9. The molecule has 0 bridgehead atoms. The third-order valence-electron chi connectivity index (χ3n) is 6.62. The molecule has 8 nitrogen and oxygen atoms in total. The monoisotopic (exact) mass is 527 g/mol. The van der Waals surface area contributed by atoms with Crippen LogP contribution < -0.4 is 9.47 Å². The molecule has 40 heavy (non-hydrogen) atoms. The summed E-state index contributed by atoms with van der Waals surface area (Å²) < 4.78 is 12.6. The van der Waals surface area contributed by atoms with Gasteiger partial charge in [0, 0.05) is 16.8 Å². The van der Waals surface area contributed by atoms with Gasteiger partial charge in [-0.2, -0.15) is 10.5 Å². The topological polar surface area (TPSA) is 125 Å². The molecule has 5 rings (SSSR count). The van der Waals surface area contributed by atoms with Crippen molar-refractivity contribution in [2.45, 2.75) is 0 Å². The lowest BCUT2D eigenvalue weighted by molar-refractivity contribution is 0.0816. The van der Waals surface area contributed by atoms with Gasteiger partial charge in [-0.3, -0.25) is 9.59 Å². The molecular weight excluding hydrogens is 506 g/mol. The third-order valence-corrected chi connectivity index (χ3v) is 6.62. The van der Waals surface area contributed by atoms with Crippen molar-refractivity contribution in [3.05, 3.63) is 107 Å². The SMILES string of the molecule is COc1ccc(-n2c(-c3ccc(C#N)cc3)c(O)c3c(C(=O)C(=O)c4ccc(C#N)cc4)c(OC)ccc32)cc1. The molecule has 0 fully saturated rings. The number of ether oxygens (including phenoxy) is 2. The number of Topliss-reactive ketones (excluding diaryl/α,β-unsaturated/α-hetero) is 2. The van der Waals surface area contributed by atoms with Gasteiger partial charge in [0.15, 0.2) is 0 Å². The van der Waals surface area contributed by atoms with E-state index < -0.39 is 11.6 Å². The molecule has 0 saturated carbocycles. The minimum atomic E-state index is -0.874. The third kappa shape index (κ3) is 4.30. The first-order valence-electron chi connectivity index (χ1n) is 12.1. The van der Waals surface area contributed by atoms with Crippen LogP contribution in [0, 0.1) is 22.7 Å². The van der Waals surface area contributed by atoms with Crippen LogP contribution >= 0.6 is 0 Å². The number of hydrogen-bond acceptors (Lipinski definition) is 7. The zero-order valence-corrected chi connectivity index (χ0v) is 21.5. The standard InChI is InChI=1S/C32H21N3O5/c1-39-24-13-11-23(12-14-24)35-25-15-16-26(40-2)28(32(38)30(36)22-9-5-20(18-34)6-10-22)27(25)31(37)29(35)21-7-3-19(17-33)4-8-21/h3-16,37H,1-2H3. The molecule has 0 spiro atoms. The molecule has 1 heterocycles. The Kier molecular flexibility index (Phi) is 6.76. The van der Waals surface area contributed by atoms with Crippen molar-refractivity contribution < 1.29 is 24.2 Å². The Morgan fingerprint density at radius 3 is 1.90 bits per heavy atom. The fourth-order valence-electron chi connectivity index (χ4n) is 4.65. The van der Waals surface area contributed by atoms with E-state index in [2.05, 4.69) is 6.07 Å². The minimum Gasteiger partial charge on any atom is -0.505 e. The van der Waals surface area contributed by atoms with Crippen molar-refractivity contribution >= 4 is 22.5 Å². The highest BCUT2D eigenvalue weighted by molar-refractivity contribution is 6.51.